The molecule has 3 aromatic rings. The minimum Gasteiger partial charge on any atom is -0.503 e. The van der Waals surface area contributed by atoms with Crippen molar-refractivity contribution in [1.29, 1.82) is 0 Å². The summed E-state index contributed by atoms with van der Waals surface area (Å²) < 4.78 is 23.4. The lowest BCUT2D eigenvalue weighted by Crippen LogP contribution is -2.47. The van der Waals surface area contributed by atoms with Gasteiger partial charge in [-0.2, -0.15) is 0 Å². The van der Waals surface area contributed by atoms with Crippen molar-refractivity contribution in [3.63, 3.8) is 0 Å². The largest absolute Gasteiger partial charge is 0.503 e. The second-order valence-corrected chi connectivity index (χ2v) is 8.67. The second kappa shape index (κ2) is 12.1. The molecular formula is C28H30N2O7. The number of methoxy groups -OCH3 is 1. The van der Waals surface area contributed by atoms with E-state index in [2.05, 4.69) is 10.3 Å². The summed E-state index contributed by atoms with van der Waals surface area (Å²) in [6.07, 6.45) is 0.998. The van der Waals surface area contributed by atoms with Crippen LogP contribution in [0.5, 0.6) is 23.0 Å². The van der Waals surface area contributed by atoms with Crippen LogP contribution in [0.2, 0.25) is 0 Å². The molecule has 0 unspecified atom stereocenters. The molecule has 0 bridgehead atoms. The van der Waals surface area contributed by atoms with Crippen molar-refractivity contribution in [3.05, 3.63) is 78.6 Å². The standard InChI is InChI=1S/C28H30N2O7/c1-18-26(37-20-12-7-4-8-13-20)23(36-19-10-5-3-6-11-19)15-9-14-21(28(33)35-18)30-27(32)24-25(31)22(34-2)16-17-29-24/h3-8,10-13,16-18,21,23,26,31H,9,14-15H2,1-2H3,(H,30,32)/t18-,21-,23-,26-/m0/s1. The quantitative estimate of drug-likeness (QED) is 0.464. The first-order valence-corrected chi connectivity index (χ1v) is 12.1. The van der Waals surface area contributed by atoms with Gasteiger partial charge in [-0.05, 0) is 50.5 Å². The van der Waals surface area contributed by atoms with Gasteiger partial charge in [-0.25, -0.2) is 9.78 Å². The van der Waals surface area contributed by atoms with Crippen molar-refractivity contribution in [2.24, 2.45) is 0 Å². The summed E-state index contributed by atoms with van der Waals surface area (Å²) in [5.74, 6) is -0.311. The van der Waals surface area contributed by atoms with E-state index in [1.165, 1.54) is 19.4 Å². The SMILES string of the molecule is COc1ccnc(C(=O)N[C@H]2CCC[C@H](Oc3ccccc3)[C@@H](Oc3ccccc3)[C@H](C)OC2=O)c1O. The number of nitrogens with zero attached hydrogens (tertiary/aromatic N) is 1. The summed E-state index contributed by atoms with van der Waals surface area (Å²) in [5, 5.41) is 12.9. The fourth-order valence-electron chi connectivity index (χ4n) is 4.19. The summed E-state index contributed by atoms with van der Waals surface area (Å²) in [6.45, 7) is 1.74. The van der Waals surface area contributed by atoms with E-state index in [1.54, 1.807) is 6.92 Å². The third kappa shape index (κ3) is 6.49. The third-order valence-electron chi connectivity index (χ3n) is 6.07. The normalized spacial score (nSPS) is 21.9. The van der Waals surface area contributed by atoms with E-state index in [0.29, 0.717) is 30.8 Å². The number of para-hydroxylation sites is 2. The first-order valence-electron chi connectivity index (χ1n) is 12.1. The van der Waals surface area contributed by atoms with Gasteiger partial charge in [0.15, 0.2) is 23.3 Å². The van der Waals surface area contributed by atoms with Crippen LogP contribution in [0.15, 0.2) is 72.9 Å². The van der Waals surface area contributed by atoms with Gasteiger partial charge in [-0.1, -0.05) is 36.4 Å². The molecule has 4 atom stereocenters. The summed E-state index contributed by atoms with van der Waals surface area (Å²) >= 11 is 0. The van der Waals surface area contributed by atoms with Gasteiger partial charge in [0, 0.05) is 12.3 Å². The fourth-order valence-corrected chi connectivity index (χ4v) is 4.19. The van der Waals surface area contributed by atoms with Crippen molar-refractivity contribution >= 4 is 11.9 Å². The molecule has 194 valence electrons. The first-order chi connectivity index (χ1) is 18.0. The van der Waals surface area contributed by atoms with Gasteiger partial charge in [0.25, 0.3) is 5.91 Å². The molecule has 0 spiro atoms. The lowest BCUT2D eigenvalue weighted by atomic mass is 10.0. The predicted molar refractivity (Wildman–Crippen MR) is 135 cm³/mol. The molecule has 9 heteroatoms. The summed E-state index contributed by atoms with van der Waals surface area (Å²) in [4.78, 5) is 29.9. The molecule has 1 aliphatic heterocycles. The Morgan fingerprint density at radius 2 is 1.65 bits per heavy atom. The number of esters is 1. The van der Waals surface area contributed by atoms with Gasteiger partial charge in [-0.3, -0.25) is 4.79 Å². The highest BCUT2D eigenvalue weighted by atomic mass is 16.6. The average molecular weight is 507 g/mol. The molecule has 1 aliphatic rings. The average Bonchev–Trinajstić information content (AvgIpc) is 2.95. The van der Waals surface area contributed by atoms with Crippen LogP contribution in [-0.4, -0.2) is 53.4 Å². The number of rotatable bonds is 7. The number of cyclic esters (lactones) is 1. The molecule has 9 nitrogen and oxygen atoms in total. The number of aromatic hydroxyl groups is 1. The zero-order chi connectivity index (χ0) is 26.2. The van der Waals surface area contributed by atoms with Crippen molar-refractivity contribution in [2.75, 3.05) is 7.11 Å². The number of carbonyl (C=O) groups excluding carboxylic acids is 2. The minimum absolute atomic E-state index is 0.104. The molecule has 1 aromatic heterocycles. The summed E-state index contributed by atoms with van der Waals surface area (Å²) in [6, 6.07) is 19.2. The van der Waals surface area contributed by atoms with Gasteiger partial charge in [0.1, 0.15) is 29.7 Å². The monoisotopic (exact) mass is 506 g/mol. The van der Waals surface area contributed by atoms with Crippen LogP contribution in [0.3, 0.4) is 0 Å². The van der Waals surface area contributed by atoms with Gasteiger partial charge < -0.3 is 29.4 Å². The highest BCUT2D eigenvalue weighted by Crippen LogP contribution is 2.29. The van der Waals surface area contributed by atoms with E-state index < -0.39 is 42.0 Å². The molecule has 2 aromatic carbocycles. The van der Waals surface area contributed by atoms with Crippen molar-refractivity contribution in [1.82, 2.24) is 10.3 Å². The van der Waals surface area contributed by atoms with E-state index in [1.807, 2.05) is 60.7 Å². The zero-order valence-corrected chi connectivity index (χ0v) is 20.7. The molecule has 0 saturated carbocycles. The maximum atomic E-state index is 13.1. The number of pyridine rings is 1. The van der Waals surface area contributed by atoms with Gasteiger partial charge in [0.2, 0.25) is 0 Å². The molecule has 0 aliphatic carbocycles. The molecule has 0 radical (unpaired) electrons. The van der Waals surface area contributed by atoms with Crippen LogP contribution in [0.4, 0.5) is 0 Å². The number of hydrogen-bond acceptors (Lipinski definition) is 8. The highest BCUT2D eigenvalue weighted by Gasteiger charge is 2.37. The maximum Gasteiger partial charge on any atom is 0.329 e. The number of benzene rings is 2. The minimum atomic E-state index is -0.949. The Morgan fingerprint density at radius 1 is 1.00 bits per heavy atom. The van der Waals surface area contributed by atoms with Crippen molar-refractivity contribution in [2.45, 2.75) is 50.5 Å². The van der Waals surface area contributed by atoms with E-state index in [0.717, 1.165) is 0 Å². The molecule has 1 amide bonds. The Hall–Kier alpha value is -4.27. The summed E-state index contributed by atoms with van der Waals surface area (Å²) in [5.41, 5.74) is -0.240. The maximum absolute atomic E-state index is 13.1. The smallest absolute Gasteiger partial charge is 0.329 e. The van der Waals surface area contributed by atoms with Gasteiger partial charge in [0.05, 0.1) is 7.11 Å². The Kier molecular flexibility index (Phi) is 8.45. The van der Waals surface area contributed by atoms with Crippen LogP contribution >= 0.6 is 0 Å². The number of aromatic nitrogens is 1. The van der Waals surface area contributed by atoms with E-state index in [-0.39, 0.29) is 11.4 Å². The van der Waals surface area contributed by atoms with Crippen LogP contribution in [0.25, 0.3) is 0 Å². The van der Waals surface area contributed by atoms with Crippen LogP contribution < -0.4 is 19.5 Å². The number of ether oxygens (including phenoxy) is 4. The fraction of sp³-hybridized carbons (Fsp3) is 0.321. The third-order valence-corrected chi connectivity index (χ3v) is 6.07. The number of hydrogen-bond donors (Lipinski definition) is 2. The Labute approximate surface area is 215 Å². The number of nitrogens with one attached hydrogen (secondary N) is 1. The van der Waals surface area contributed by atoms with Crippen LogP contribution in [0.1, 0.15) is 36.7 Å². The Balaban J connectivity index is 1.54. The van der Waals surface area contributed by atoms with Crippen molar-refractivity contribution in [3.8, 4) is 23.0 Å². The first kappa shape index (κ1) is 25.8. The molecule has 2 heterocycles. The van der Waals surface area contributed by atoms with Crippen LogP contribution in [0, 0.1) is 0 Å². The number of amides is 1. The Bertz CT molecular complexity index is 1190. The molecule has 1 fully saturated rings. The molecular weight excluding hydrogens is 476 g/mol. The van der Waals surface area contributed by atoms with Crippen molar-refractivity contribution < 1.29 is 33.6 Å². The summed E-state index contributed by atoms with van der Waals surface area (Å²) in [7, 11) is 1.37. The van der Waals surface area contributed by atoms with Crippen LogP contribution in [-0.2, 0) is 9.53 Å². The van der Waals surface area contributed by atoms with E-state index >= 15 is 0 Å². The second-order valence-electron chi connectivity index (χ2n) is 8.67. The molecule has 4 rings (SSSR count). The highest BCUT2D eigenvalue weighted by molar-refractivity contribution is 5.97. The Morgan fingerprint density at radius 3 is 2.30 bits per heavy atom. The topological polar surface area (TPSA) is 116 Å². The lowest BCUT2D eigenvalue weighted by Gasteiger charge is -2.31. The zero-order valence-electron chi connectivity index (χ0n) is 20.7. The van der Waals surface area contributed by atoms with E-state index in [4.69, 9.17) is 18.9 Å². The molecule has 37 heavy (non-hydrogen) atoms. The van der Waals surface area contributed by atoms with Gasteiger partial charge >= 0.3 is 5.97 Å². The number of carbonyl (C=O) groups is 2. The molecule has 1 saturated heterocycles. The van der Waals surface area contributed by atoms with E-state index in [9.17, 15) is 14.7 Å². The molecule has 2 N–H and O–H groups in total. The lowest BCUT2D eigenvalue weighted by molar-refractivity contribution is -0.157. The predicted octanol–water partition coefficient (Wildman–Crippen LogP) is 3.91. The van der Waals surface area contributed by atoms with Gasteiger partial charge in [-0.15, -0.1) is 0 Å².